The van der Waals surface area contributed by atoms with Crippen LogP contribution in [0.1, 0.15) is 41.2 Å². The van der Waals surface area contributed by atoms with E-state index in [-0.39, 0.29) is 12.1 Å². The fraction of sp³-hybridized carbons (Fsp3) is 0.391. The van der Waals surface area contributed by atoms with Crippen LogP contribution in [0, 0.1) is 27.7 Å². The molecule has 0 saturated carbocycles. The summed E-state index contributed by atoms with van der Waals surface area (Å²) in [7, 11) is 3.63. The molecule has 4 heterocycles. The molecule has 32 heavy (non-hydrogen) atoms. The molecule has 2 aliphatic heterocycles. The minimum atomic E-state index is -0.146. The predicted octanol–water partition coefficient (Wildman–Crippen LogP) is 4.10. The molecule has 0 radical (unpaired) electrons. The van der Waals surface area contributed by atoms with Gasteiger partial charge >= 0.3 is 0 Å². The van der Waals surface area contributed by atoms with Crippen LogP contribution in [-0.4, -0.2) is 39.9 Å². The Labute approximate surface area is 186 Å². The van der Waals surface area contributed by atoms with Gasteiger partial charge in [-0.2, -0.15) is 5.10 Å². The first kappa shape index (κ1) is 20.3. The molecule has 0 bridgehead atoms. The fourth-order valence-electron chi connectivity index (χ4n) is 4.69. The van der Waals surface area contributed by atoms with Crippen molar-refractivity contribution >= 4 is 23.0 Å². The second-order valence-electron chi connectivity index (χ2n) is 8.37. The monoisotopic (exact) mass is 433 g/mol. The van der Waals surface area contributed by atoms with Gasteiger partial charge in [0.2, 0.25) is 0 Å². The third kappa shape index (κ3) is 2.99. The van der Waals surface area contributed by atoms with E-state index in [1.54, 1.807) is 7.11 Å². The number of fused-ring (bicyclic) bond motifs is 3. The first-order valence-electron chi connectivity index (χ1n) is 10.6. The zero-order valence-corrected chi connectivity index (χ0v) is 19.4. The highest BCUT2D eigenvalue weighted by Gasteiger charge is 2.40. The molecule has 166 valence electrons. The molecule has 2 aliphatic rings. The highest BCUT2D eigenvalue weighted by molar-refractivity contribution is 6.11. The van der Waals surface area contributed by atoms with Crippen LogP contribution in [0.25, 0.3) is 11.1 Å². The minimum Gasteiger partial charge on any atom is -0.496 e. The lowest BCUT2D eigenvalue weighted by Crippen LogP contribution is -2.34. The summed E-state index contributed by atoms with van der Waals surface area (Å²) >= 11 is 0. The number of nitrogens with zero attached hydrogens (tertiary/aromatic N) is 5. The summed E-state index contributed by atoms with van der Waals surface area (Å²) in [4.78, 5) is 9.55. The number of anilines is 2. The molecule has 2 aromatic heterocycles. The highest BCUT2D eigenvalue weighted by atomic mass is 16.5. The molecular formula is C23H27N7O2. The SMILES string of the molecule is COc1cc2c(cc1-c1c(C)noc1C)NC1N=C(C)N=C(Nc3c(C)nn(C)c3C)C21. The number of methoxy groups -OCH3 is 1. The van der Waals surface area contributed by atoms with Crippen molar-refractivity contribution in [2.24, 2.45) is 17.0 Å². The van der Waals surface area contributed by atoms with Crippen LogP contribution in [0.4, 0.5) is 11.4 Å². The van der Waals surface area contributed by atoms with E-state index in [9.17, 15) is 0 Å². The van der Waals surface area contributed by atoms with Crippen molar-refractivity contribution in [1.82, 2.24) is 14.9 Å². The van der Waals surface area contributed by atoms with E-state index in [1.807, 2.05) is 46.3 Å². The number of ether oxygens (including phenoxy) is 1. The van der Waals surface area contributed by atoms with E-state index in [1.165, 1.54) is 0 Å². The molecule has 2 N–H and O–H groups in total. The lowest BCUT2D eigenvalue weighted by Gasteiger charge is -2.24. The second-order valence-corrected chi connectivity index (χ2v) is 8.37. The van der Waals surface area contributed by atoms with Crippen LogP contribution in [0.3, 0.4) is 0 Å². The summed E-state index contributed by atoms with van der Waals surface area (Å²) in [5.41, 5.74) is 7.78. The summed E-state index contributed by atoms with van der Waals surface area (Å²) in [6.07, 6.45) is -0.146. The molecule has 9 nitrogen and oxygen atoms in total. The van der Waals surface area contributed by atoms with E-state index in [0.29, 0.717) is 0 Å². The Morgan fingerprint density at radius 1 is 1.12 bits per heavy atom. The van der Waals surface area contributed by atoms with Gasteiger partial charge in [-0.1, -0.05) is 5.16 Å². The number of aryl methyl sites for hydroxylation is 4. The van der Waals surface area contributed by atoms with Crippen LogP contribution < -0.4 is 15.4 Å². The molecule has 0 fully saturated rings. The van der Waals surface area contributed by atoms with Gasteiger partial charge in [0.25, 0.3) is 0 Å². The number of amidine groups is 2. The molecule has 9 heteroatoms. The number of hydrogen-bond acceptors (Lipinski definition) is 8. The van der Waals surface area contributed by atoms with Crippen LogP contribution >= 0.6 is 0 Å². The average molecular weight is 434 g/mol. The molecule has 2 atom stereocenters. The summed E-state index contributed by atoms with van der Waals surface area (Å²) in [5.74, 6) is 3.03. The van der Waals surface area contributed by atoms with Gasteiger partial charge in [-0.3, -0.25) is 4.68 Å². The number of hydrogen-bond donors (Lipinski definition) is 2. The zero-order valence-electron chi connectivity index (χ0n) is 19.4. The Balaban J connectivity index is 1.61. The van der Waals surface area contributed by atoms with Crippen LogP contribution in [0.15, 0.2) is 26.6 Å². The maximum atomic E-state index is 5.79. The molecule has 0 amide bonds. The summed E-state index contributed by atoms with van der Waals surface area (Å²) in [6, 6.07) is 4.17. The van der Waals surface area contributed by atoms with E-state index in [2.05, 4.69) is 33.0 Å². The standard InChI is InChI=1S/C23H27N7O2/c1-10-19(13(4)32-29-10)16-8-17-15(9-18(16)31-7)20-22(26-17)24-14(5)25-23(20)27-21-11(2)28-30(6)12(21)3/h8-9,20,22,26H,1-7H3,(H,24,25,27). The van der Waals surface area contributed by atoms with Crippen LogP contribution in [-0.2, 0) is 7.05 Å². The highest BCUT2D eigenvalue weighted by Crippen LogP contribution is 2.46. The van der Waals surface area contributed by atoms with Crippen molar-refractivity contribution in [2.75, 3.05) is 17.7 Å². The van der Waals surface area contributed by atoms with Crippen LogP contribution in [0.2, 0.25) is 0 Å². The zero-order chi connectivity index (χ0) is 22.7. The van der Waals surface area contributed by atoms with Crippen molar-refractivity contribution < 1.29 is 9.26 Å². The van der Waals surface area contributed by atoms with E-state index >= 15 is 0 Å². The largest absolute Gasteiger partial charge is 0.496 e. The van der Waals surface area contributed by atoms with Gasteiger partial charge in [0, 0.05) is 18.3 Å². The summed E-state index contributed by atoms with van der Waals surface area (Å²) in [5, 5.41) is 15.8. The summed E-state index contributed by atoms with van der Waals surface area (Å²) < 4.78 is 13.1. The Morgan fingerprint density at radius 3 is 2.53 bits per heavy atom. The smallest absolute Gasteiger partial charge is 0.141 e. The van der Waals surface area contributed by atoms with Crippen molar-refractivity contribution in [1.29, 1.82) is 0 Å². The normalized spacial score (nSPS) is 19.1. The van der Waals surface area contributed by atoms with Crippen molar-refractivity contribution in [3.8, 4) is 16.9 Å². The Kier molecular flexibility index (Phi) is 4.58. The lowest BCUT2D eigenvalue weighted by atomic mass is 9.93. The lowest BCUT2D eigenvalue weighted by molar-refractivity contribution is 0.393. The van der Waals surface area contributed by atoms with E-state index < -0.39 is 0 Å². The quantitative estimate of drug-likeness (QED) is 0.645. The first-order chi connectivity index (χ1) is 15.3. The number of benzene rings is 1. The predicted molar refractivity (Wildman–Crippen MR) is 125 cm³/mol. The molecule has 0 saturated heterocycles. The minimum absolute atomic E-state index is 0.0691. The van der Waals surface area contributed by atoms with Gasteiger partial charge < -0.3 is 19.9 Å². The summed E-state index contributed by atoms with van der Waals surface area (Å²) in [6.45, 7) is 9.81. The third-order valence-corrected chi connectivity index (χ3v) is 6.29. The molecule has 1 aromatic carbocycles. The Morgan fingerprint density at radius 2 is 1.91 bits per heavy atom. The maximum Gasteiger partial charge on any atom is 0.141 e. The third-order valence-electron chi connectivity index (χ3n) is 6.29. The Bertz CT molecular complexity index is 1280. The van der Waals surface area contributed by atoms with Gasteiger partial charge in [-0.05, 0) is 52.3 Å². The molecular weight excluding hydrogens is 406 g/mol. The van der Waals surface area contributed by atoms with E-state index in [0.717, 1.165) is 68.3 Å². The average Bonchev–Trinajstić information content (AvgIpc) is 3.35. The molecule has 5 rings (SSSR count). The molecule has 0 spiro atoms. The van der Waals surface area contributed by atoms with Crippen LogP contribution in [0.5, 0.6) is 5.75 Å². The first-order valence-corrected chi connectivity index (χ1v) is 10.6. The molecule has 0 aliphatic carbocycles. The number of aliphatic imine (C=N–C) groups is 2. The van der Waals surface area contributed by atoms with Gasteiger partial charge in [0.1, 0.15) is 29.3 Å². The van der Waals surface area contributed by atoms with Gasteiger partial charge in [-0.15, -0.1) is 0 Å². The molecule has 2 unspecified atom stereocenters. The molecule has 3 aromatic rings. The Hall–Kier alpha value is -3.62. The number of rotatable bonds is 3. The fourth-order valence-corrected chi connectivity index (χ4v) is 4.69. The van der Waals surface area contributed by atoms with Gasteiger partial charge in [-0.25, -0.2) is 9.98 Å². The van der Waals surface area contributed by atoms with Crippen molar-refractivity contribution in [2.45, 2.75) is 46.7 Å². The second kappa shape index (κ2) is 7.22. The maximum absolute atomic E-state index is 5.79. The number of aromatic nitrogens is 3. The topological polar surface area (TPSA) is 102 Å². The van der Waals surface area contributed by atoms with E-state index in [4.69, 9.17) is 19.2 Å². The van der Waals surface area contributed by atoms with Gasteiger partial charge in [0.05, 0.1) is 41.4 Å². The van der Waals surface area contributed by atoms with Gasteiger partial charge in [0.15, 0.2) is 0 Å². The van der Waals surface area contributed by atoms with Crippen molar-refractivity contribution in [3.63, 3.8) is 0 Å². The number of nitrogens with one attached hydrogen (secondary N) is 2. The van der Waals surface area contributed by atoms with Crippen molar-refractivity contribution in [3.05, 3.63) is 40.5 Å².